The van der Waals surface area contributed by atoms with Crippen LogP contribution in [0, 0.1) is 13.8 Å². The molecule has 6 nitrogen and oxygen atoms in total. The molecule has 1 aromatic heterocycles. The summed E-state index contributed by atoms with van der Waals surface area (Å²) in [6.45, 7) is 5.65. The maximum Gasteiger partial charge on any atom is 0.287 e. The van der Waals surface area contributed by atoms with Crippen molar-refractivity contribution < 1.29 is 14.0 Å². The zero-order chi connectivity index (χ0) is 16.8. The number of furan rings is 1. The molecule has 0 aliphatic heterocycles. The zero-order valence-corrected chi connectivity index (χ0v) is 13.3. The molecule has 0 bridgehead atoms. The average Bonchev–Trinajstić information content (AvgIpc) is 3.04. The molecule has 0 saturated carbocycles. The monoisotopic (exact) mass is 313 g/mol. The molecule has 23 heavy (non-hydrogen) atoms. The van der Waals surface area contributed by atoms with Crippen molar-refractivity contribution in [3.63, 3.8) is 0 Å². The van der Waals surface area contributed by atoms with Crippen LogP contribution < -0.4 is 10.7 Å². The van der Waals surface area contributed by atoms with Crippen molar-refractivity contribution in [3.8, 4) is 0 Å². The average molecular weight is 313 g/mol. The lowest BCUT2D eigenvalue weighted by Gasteiger charge is -2.07. The van der Waals surface area contributed by atoms with Gasteiger partial charge in [0.2, 0.25) is 0 Å². The van der Waals surface area contributed by atoms with Crippen LogP contribution in [0.5, 0.6) is 0 Å². The second kappa shape index (κ2) is 7.40. The van der Waals surface area contributed by atoms with E-state index in [0.717, 1.165) is 11.1 Å². The van der Waals surface area contributed by atoms with Gasteiger partial charge in [-0.05, 0) is 38.5 Å². The molecule has 0 atom stereocenters. The molecule has 0 radical (unpaired) electrons. The first-order chi connectivity index (χ1) is 11.0. The maximum absolute atomic E-state index is 11.7. The molecule has 120 valence electrons. The smallest absolute Gasteiger partial charge is 0.287 e. The van der Waals surface area contributed by atoms with Gasteiger partial charge in [-0.3, -0.25) is 9.59 Å². The number of hydrogen-bond donors (Lipinski definition) is 2. The minimum atomic E-state index is -0.444. The highest BCUT2D eigenvalue weighted by Gasteiger charge is 2.10. The Hall–Kier alpha value is -2.89. The molecule has 0 fully saturated rings. The third kappa shape index (κ3) is 4.54. The van der Waals surface area contributed by atoms with Crippen molar-refractivity contribution in [1.29, 1.82) is 0 Å². The molecule has 0 unspecified atom stereocenters. The van der Waals surface area contributed by atoms with E-state index < -0.39 is 11.8 Å². The Labute approximate surface area is 134 Å². The third-order valence-electron chi connectivity index (χ3n) is 3.27. The van der Waals surface area contributed by atoms with E-state index in [0.29, 0.717) is 5.71 Å². The summed E-state index contributed by atoms with van der Waals surface area (Å²) in [6, 6.07) is 9.14. The van der Waals surface area contributed by atoms with Gasteiger partial charge in [0, 0.05) is 5.56 Å². The van der Waals surface area contributed by atoms with Gasteiger partial charge in [-0.1, -0.05) is 23.8 Å². The molecule has 1 heterocycles. The van der Waals surface area contributed by atoms with Crippen molar-refractivity contribution in [1.82, 2.24) is 10.7 Å². The van der Waals surface area contributed by atoms with Crippen molar-refractivity contribution in [2.24, 2.45) is 5.10 Å². The van der Waals surface area contributed by atoms with Gasteiger partial charge in [0.1, 0.15) is 0 Å². The van der Waals surface area contributed by atoms with Crippen LogP contribution in [-0.2, 0) is 4.79 Å². The molecular weight excluding hydrogens is 294 g/mol. The molecule has 6 heteroatoms. The van der Waals surface area contributed by atoms with Gasteiger partial charge in [-0.15, -0.1) is 0 Å². The van der Waals surface area contributed by atoms with Crippen LogP contribution in [0.3, 0.4) is 0 Å². The number of amides is 2. The van der Waals surface area contributed by atoms with Gasteiger partial charge in [0.15, 0.2) is 5.76 Å². The van der Waals surface area contributed by atoms with Crippen LogP contribution in [-0.4, -0.2) is 24.1 Å². The second-order valence-corrected chi connectivity index (χ2v) is 5.21. The fourth-order valence-corrected chi connectivity index (χ4v) is 2.12. The summed E-state index contributed by atoms with van der Waals surface area (Å²) in [6.07, 6.45) is 1.40. The van der Waals surface area contributed by atoms with Crippen LogP contribution in [0.1, 0.15) is 34.2 Å². The van der Waals surface area contributed by atoms with E-state index in [2.05, 4.69) is 21.9 Å². The maximum atomic E-state index is 11.7. The van der Waals surface area contributed by atoms with E-state index in [1.54, 1.807) is 6.07 Å². The number of carbonyl (C=O) groups is 2. The highest BCUT2D eigenvalue weighted by atomic mass is 16.3. The number of nitrogens with one attached hydrogen (secondary N) is 2. The van der Waals surface area contributed by atoms with E-state index in [-0.39, 0.29) is 12.3 Å². The molecule has 2 aromatic rings. The van der Waals surface area contributed by atoms with E-state index >= 15 is 0 Å². The van der Waals surface area contributed by atoms with Gasteiger partial charge in [0.05, 0.1) is 18.5 Å². The summed E-state index contributed by atoms with van der Waals surface area (Å²) in [5.74, 6) is -0.693. The number of rotatable bonds is 5. The quantitative estimate of drug-likeness (QED) is 0.655. The summed E-state index contributed by atoms with van der Waals surface area (Å²) in [7, 11) is 0. The largest absolute Gasteiger partial charge is 0.459 e. The highest BCUT2D eigenvalue weighted by molar-refractivity contribution is 6.00. The lowest BCUT2D eigenvalue weighted by atomic mass is 10.0. The van der Waals surface area contributed by atoms with Crippen LogP contribution in [0.4, 0.5) is 0 Å². The number of hydrazone groups is 1. The lowest BCUT2D eigenvalue weighted by molar-refractivity contribution is -0.120. The lowest BCUT2D eigenvalue weighted by Crippen LogP contribution is -2.35. The highest BCUT2D eigenvalue weighted by Crippen LogP contribution is 2.11. The predicted molar refractivity (Wildman–Crippen MR) is 87.3 cm³/mol. The first-order valence-corrected chi connectivity index (χ1v) is 7.20. The van der Waals surface area contributed by atoms with Gasteiger partial charge in [0.25, 0.3) is 11.8 Å². The standard InChI is InChI=1S/C17H19N3O3/c1-11-6-7-14(12(2)9-11)13(3)19-20-16(21)10-18-17(22)15-5-4-8-23-15/h4-9H,10H2,1-3H3,(H,18,22)(H,20,21). The van der Waals surface area contributed by atoms with Crippen molar-refractivity contribution in [3.05, 3.63) is 59.0 Å². The topological polar surface area (TPSA) is 83.7 Å². The Morgan fingerprint density at radius 3 is 2.65 bits per heavy atom. The van der Waals surface area contributed by atoms with Crippen LogP contribution in [0.25, 0.3) is 0 Å². The van der Waals surface area contributed by atoms with E-state index in [1.807, 2.05) is 32.9 Å². The number of hydrogen-bond acceptors (Lipinski definition) is 4. The summed E-state index contributed by atoms with van der Waals surface area (Å²) in [5, 5.41) is 6.52. The van der Waals surface area contributed by atoms with Crippen molar-refractivity contribution >= 4 is 17.5 Å². The molecule has 1 aromatic carbocycles. The molecule has 0 spiro atoms. The zero-order valence-electron chi connectivity index (χ0n) is 13.3. The summed E-state index contributed by atoms with van der Waals surface area (Å²) >= 11 is 0. The van der Waals surface area contributed by atoms with Gasteiger partial charge < -0.3 is 9.73 Å². The molecule has 0 aliphatic carbocycles. The van der Waals surface area contributed by atoms with E-state index in [4.69, 9.17) is 4.42 Å². The van der Waals surface area contributed by atoms with Crippen LogP contribution in [0.2, 0.25) is 0 Å². The number of nitrogens with zero attached hydrogens (tertiary/aromatic N) is 1. The number of benzene rings is 1. The van der Waals surface area contributed by atoms with Gasteiger partial charge in [-0.25, -0.2) is 5.43 Å². The Kier molecular flexibility index (Phi) is 5.30. The molecule has 0 saturated heterocycles. The summed E-state index contributed by atoms with van der Waals surface area (Å²) in [4.78, 5) is 23.4. The Bertz CT molecular complexity index is 734. The third-order valence-corrected chi connectivity index (χ3v) is 3.27. The van der Waals surface area contributed by atoms with E-state index in [9.17, 15) is 9.59 Å². The minimum Gasteiger partial charge on any atom is -0.459 e. The predicted octanol–water partition coefficient (Wildman–Crippen LogP) is 2.17. The molecular formula is C17H19N3O3. The first kappa shape index (κ1) is 16.5. The Morgan fingerprint density at radius 2 is 2.00 bits per heavy atom. The second-order valence-electron chi connectivity index (χ2n) is 5.21. The number of carbonyl (C=O) groups excluding carboxylic acids is 2. The van der Waals surface area contributed by atoms with Crippen LogP contribution >= 0.6 is 0 Å². The summed E-state index contributed by atoms with van der Waals surface area (Å²) < 4.78 is 4.94. The Balaban J connectivity index is 1.88. The fraction of sp³-hybridized carbons (Fsp3) is 0.235. The summed E-state index contributed by atoms with van der Waals surface area (Å²) in [5.41, 5.74) is 6.36. The first-order valence-electron chi connectivity index (χ1n) is 7.20. The van der Waals surface area contributed by atoms with Crippen molar-refractivity contribution in [2.75, 3.05) is 6.54 Å². The Morgan fingerprint density at radius 1 is 1.22 bits per heavy atom. The number of aryl methyl sites for hydroxylation is 2. The molecule has 0 aliphatic rings. The van der Waals surface area contributed by atoms with E-state index in [1.165, 1.54) is 17.9 Å². The molecule has 2 N–H and O–H groups in total. The van der Waals surface area contributed by atoms with Crippen LogP contribution in [0.15, 0.2) is 46.1 Å². The van der Waals surface area contributed by atoms with Gasteiger partial charge in [-0.2, -0.15) is 5.10 Å². The minimum absolute atomic E-state index is 0.160. The SMILES string of the molecule is CC(=NNC(=O)CNC(=O)c1ccco1)c1ccc(C)cc1C. The van der Waals surface area contributed by atoms with Gasteiger partial charge >= 0.3 is 0 Å². The molecule has 2 amide bonds. The normalized spacial score (nSPS) is 11.2. The fourth-order valence-electron chi connectivity index (χ4n) is 2.12. The molecule has 2 rings (SSSR count). The van der Waals surface area contributed by atoms with Crippen molar-refractivity contribution in [2.45, 2.75) is 20.8 Å².